The first-order valence-electron chi connectivity index (χ1n) is 7.88. The Bertz CT molecular complexity index is 843. The first-order valence-corrected chi connectivity index (χ1v) is 8.26. The van der Waals surface area contributed by atoms with Crippen LogP contribution in [0.3, 0.4) is 0 Å². The summed E-state index contributed by atoms with van der Waals surface area (Å²) in [4.78, 5) is 0. The van der Waals surface area contributed by atoms with Gasteiger partial charge in [-0.3, -0.25) is 0 Å². The van der Waals surface area contributed by atoms with Crippen LogP contribution in [0.25, 0.3) is 11.1 Å². The molecule has 0 aliphatic carbocycles. The van der Waals surface area contributed by atoms with E-state index in [-0.39, 0.29) is 0 Å². The molecule has 0 aliphatic heterocycles. The van der Waals surface area contributed by atoms with Gasteiger partial charge in [0.2, 0.25) is 0 Å². The van der Waals surface area contributed by atoms with Gasteiger partial charge < -0.3 is 10.8 Å². The Balaban J connectivity index is 1.99. The van der Waals surface area contributed by atoms with Crippen molar-refractivity contribution in [2.24, 2.45) is 0 Å². The third-order valence-electron chi connectivity index (χ3n) is 4.18. The number of rotatable bonds is 4. The highest BCUT2D eigenvalue weighted by atomic mass is 35.5. The van der Waals surface area contributed by atoms with Crippen molar-refractivity contribution in [1.82, 2.24) is 0 Å². The Hall–Kier alpha value is -2.29. The van der Waals surface area contributed by atoms with Crippen molar-refractivity contribution in [3.05, 3.63) is 88.9 Å². The van der Waals surface area contributed by atoms with Crippen LogP contribution >= 0.6 is 11.6 Å². The molecule has 0 aliphatic rings. The van der Waals surface area contributed by atoms with Crippen molar-refractivity contribution in [1.29, 1.82) is 0 Å². The van der Waals surface area contributed by atoms with Gasteiger partial charge in [-0.25, -0.2) is 0 Å². The molecule has 3 rings (SSSR count). The molecule has 3 aromatic carbocycles. The van der Waals surface area contributed by atoms with E-state index in [0.717, 1.165) is 22.3 Å². The zero-order valence-electron chi connectivity index (χ0n) is 13.5. The second-order valence-electron chi connectivity index (χ2n) is 6.25. The second-order valence-corrected chi connectivity index (χ2v) is 6.69. The Labute approximate surface area is 147 Å². The fourth-order valence-corrected chi connectivity index (χ4v) is 3.15. The molecular formula is C21H20ClNO. The van der Waals surface area contributed by atoms with E-state index in [1.54, 1.807) is 6.92 Å². The third-order valence-corrected chi connectivity index (χ3v) is 4.42. The van der Waals surface area contributed by atoms with Crippen molar-refractivity contribution in [2.45, 2.75) is 18.9 Å². The molecule has 24 heavy (non-hydrogen) atoms. The normalized spacial score (nSPS) is 13.5. The monoisotopic (exact) mass is 337 g/mol. The van der Waals surface area contributed by atoms with Crippen LogP contribution in [0.5, 0.6) is 0 Å². The van der Waals surface area contributed by atoms with Crippen LogP contribution in [-0.2, 0) is 12.0 Å². The SMILES string of the molecule is CC(O)(Cc1ccccc1)c1cc(-c2cccc(Cl)c2)ccc1N. The molecule has 0 spiro atoms. The molecule has 0 saturated heterocycles. The van der Waals surface area contributed by atoms with E-state index in [1.807, 2.05) is 72.8 Å². The van der Waals surface area contributed by atoms with E-state index in [1.165, 1.54) is 0 Å². The van der Waals surface area contributed by atoms with E-state index >= 15 is 0 Å². The zero-order valence-corrected chi connectivity index (χ0v) is 14.3. The second kappa shape index (κ2) is 6.68. The van der Waals surface area contributed by atoms with Crippen molar-refractivity contribution in [3.8, 4) is 11.1 Å². The van der Waals surface area contributed by atoms with Crippen LogP contribution in [0.4, 0.5) is 5.69 Å². The predicted octanol–water partition coefficient (Wildman–Crippen LogP) is 5.04. The lowest BCUT2D eigenvalue weighted by atomic mass is 9.86. The van der Waals surface area contributed by atoms with Crippen LogP contribution in [0.1, 0.15) is 18.1 Å². The number of aliphatic hydroxyl groups is 1. The first-order chi connectivity index (χ1) is 11.5. The third kappa shape index (κ3) is 3.61. The minimum absolute atomic E-state index is 0.497. The molecule has 0 amide bonds. The molecule has 3 aromatic rings. The smallest absolute Gasteiger partial charge is 0.0928 e. The Morgan fingerprint density at radius 2 is 1.62 bits per heavy atom. The summed E-state index contributed by atoms with van der Waals surface area (Å²) in [5.74, 6) is 0. The molecule has 1 atom stereocenters. The average Bonchev–Trinajstić information content (AvgIpc) is 2.55. The topological polar surface area (TPSA) is 46.2 Å². The quantitative estimate of drug-likeness (QED) is 0.655. The molecule has 0 heterocycles. The number of hydrogen-bond donors (Lipinski definition) is 2. The summed E-state index contributed by atoms with van der Waals surface area (Å²) in [6.45, 7) is 1.80. The number of nitrogen functional groups attached to an aromatic ring is 1. The summed E-state index contributed by atoms with van der Waals surface area (Å²) in [7, 11) is 0. The number of benzene rings is 3. The minimum atomic E-state index is -1.06. The molecule has 122 valence electrons. The van der Waals surface area contributed by atoms with Gasteiger partial charge in [0, 0.05) is 22.7 Å². The van der Waals surface area contributed by atoms with Crippen molar-refractivity contribution in [2.75, 3.05) is 5.73 Å². The largest absolute Gasteiger partial charge is 0.398 e. The highest BCUT2D eigenvalue weighted by Gasteiger charge is 2.26. The Morgan fingerprint density at radius 3 is 2.33 bits per heavy atom. The highest BCUT2D eigenvalue weighted by molar-refractivity contribution is 6.30. The molecule has 0 radical (unpaired) electrons. The van der Waals surface area contributed by atoms with Gasteiger partial charge >= 0.3 is 0 Å². The van der Waals surface area contributed by atoms with E-state index in [2.05, 4.69) is 0 Å². The van der Waals surface area contributed by atoms with Crippen molar-refractivity contribution >= 4 is 17.3 Å². The van der Waals surface area contributed by atoms with E-state index < -0.39 is 5.60 Å². The van der Waals surface area contributed by atoms with Gasteiger partial charge in [0.05, 0.1) is 5.60 Å². The highest BCUT2D eigenvalue weighted by Crippen LogP contribution is 2.34. The summed E-state index contributed by atoms with van der Waals surface area (Å²) in [6.07, 6.45) is 0.497. The number of hydrogen-bond acceptors (Lipinski definition) is 2. The fraction of sp³-hybridized carbons (Fsp3) is 0.143. The van der Waals surface area contributed by atoms with Gasteiger partial charge in [-0.1, -0.05) is 60.1 Å². The maximum Gasteiger partial charge on any atom is 0.0928 e. The average molecular weight is 338 g/mol. The molecule has 0 aromatic heterocycles. The molecule has 0 saturated carbocycles. The van der Waals surface area contributed by atoms with E-state index in [0.29, 0.717) is 17.1 Å². The molecule has 1 unspecified atom stereocenters. The molecule has 2 nitrogen and oxygen atoms in total. The summed E-state index contributed by atoms with van der Waals surface area (Å²) in [5, 5.41) is 11.7. The van der Waals surface area contributed by atoms with Gasteiger partial charge in [-0.15, -0.1) is 0 Å². The molecule has 0 fully saturated rings. The molecule has 3 heteroatoms. The van der Waals surface area contributed by atoms with Gasteiger partial charge in [0.25, 0.3) is 0 Å². The van der Waals surface area contributed by atoms with Gasteiger partial charge in [0.15, 0.2) is 0 Å². The lowest BCUT2D eigenvalue weighted by molar-refractivity contribution is 0.0584. The molecular weight excluding hydrogens is 318 g/mol. The van der Waals surface area contributed by atoms with Crippen LogP contribution < -0.4 is 5.73 Å². The molecule has 3 N–H and O–H groups in total. The van der Waals surface area contributed by atoms with Crippen molar-refractivity contribution in [3.63, 3.8) is 0 Å². The van der Waals surface area contributed by atoms with Crippen LogP contribution in [0.15, 0.2) is 72.8 Å². The van der Waals surface area contributed by atoms with Crippen molar-refractivity contribution < 1.29 is 5.11 Å². The van der Waals surface area contributed by atoms with Crippen LogP contribution in [0, 0.1) is 0 Å². The van der Waals surface area contributed by atoms with Crippen LogP contribution in [-0.4, -0.2) is 5.11 Å². The zero-order chi connectivity index (χ0) is 17.2. The predicted molar refractivity (Wildman–Crippen MR) is 101 cm³/mol. The van der Waals surface area contributed by atoms with Gasteiger partial charge in [0.1, 0.15) is 0 Å². The van der Waals surface area contributed by atoms with Gasteiger partial charge in [-0.05, 0) is 47.9 Å². The maximum atomic E-state index is 11.0. The number of nitrogens with two attached hydrogens (primary N) is 1. The summed E-state index contributed by atoms with van der Waals surface area (Å²) < 4.78 is 0. The first kappa shape index (κ1) is 16.6. The maximum absolute atomic E-state index is 11.0. The lowest BCUT2D eigenvalue weighted by Crippen LogP contribution is -2.25. The van der Waals surface area contributed by atoms with Crippen LogP contribution in [0.2, 0.25) is 5.02 Å². The fourth-order valence-electron chi connectivity index (χ4n) is 2.96. The minimum Gasteiger partial charge on any atom is -0.398 e. The summed E-state index contributed by atoms with van der Waals surface area (Å²) in [6, 6.07) is 23.3. The summed E-state index contributed by atoms with van der Waals surface area (Å²) >= 11 is 6.09. The Kier molecular flexibility index (Phi) is 4.61. The van der Waals surface area contributed by atoms with E-state index in [9.17, 15) is 5.11 Å². The Morgan fingerprint density at radius 1 is 0.917 bits per heavy atom. The van der Waals surface area contributed by atoms with Gasteiger partial charge in [-0.2, -0.15) is 0 Å². The number of halogens is 1. The standard InChI is InChI=1S/C21H20ClNO/c1-21(24,14-15-6-3-2-4-7-15)19-13-17(10-11-20(19)23)16-8-5-9-18(22)12-16/h2-13,24H,14,23H2,1H3. The number of anilines is 1. The van der Waals surface area contributed by atoms with E-state index in [4.69, 9.17) is 17.3 Å². The lowest BCUT2D eigenvalue weighted by Gasteiger charge is -2.26. The summed E-state index contributed by atoms with van der Waals surface area (Å²) in [5.41, 5.74) is 9.45. The molecule has 0 bridgehead atoms.